The smallest absolute Gasteiger partial charge is 0.292 e. The van der Waals surface area contributed by atoms with Crippen molar-refractivity contribution in [2.75, 3.05) is 0 Å². The van der Waals surface area contributed by atoms with Gasteiger partial charge in [0.15, 0.2) is 5.78 Å². The summed E-state index contributed by atoms with van der Waals surface area (Å²) >= 11 is 0. The van der Waals surface area contributed by atoms with Gasteiger partial charge in [-0.3, -0.25) is 24.3 Å². The Morgan fingerprint density at radius 1 is 0.420 bits per heavy atom. The predicted molar refractivity (Wildman–Crippen MR) is 180 cm³/mol. The van der Waals surface area contributed by atoms with Gasteiger partial charge in [-0.2, -0.15) is 19.6 Å². The van der Waals surface area contributed by atoms with Gasteiger partial charge in [-0.15, -0.1) is 0 Å². The third kappa shape index (κ3) is 12.0. The third-order valence-electron chi connectivity index (χ3n) is 8.22. The molecule has 13 nitrogen and oxygen atoms in total. The fourth-order valence-electron chi connectivity index (χ4n) is 3.25. The van der Waals surface area contributed by atoms with Gasteiger partial charge in [0, 0.05) is 11.1 Å². The van der Waals surface area contributed by atoms with Gasteiger partial charge in [0.1, 0.15) is 22.4 Å². The van der Waals surface area contributed by atoms with E-state index in [1.807, 2.05) is 27.7 Å². The molecule has 13 heteroatoms. The highest BCUT2D eigenvalue weighted by molar-refractivity contribution is 6.13. The van der Waals surface area contributed by atoms with E-state index in [2.05, 4.69) is 0 Å². The second-order valence-electron chi connectivity index (χ2n) is 14.1. The molecule has 0 heterocycles. The maximum Gasteiger partial charge on any atom is 0.374 e. The molecule has 0 saturated carbocycles. The normalized spacial score (nSPS) is 12.2. The van der Waals surface area contributed by atoms with E-state index in [0.29, 0.717) is 25.7 Å². The number of carbonyl (C=O) groups is 5. The van der Waals surface area contributed by atoms with Crippen molar-refractivity contribution < 1.29 is 63.1 Å². The van der Waals surface area contributed by atoms with Gasteiger partial charge in [-0.05, 0) is 105 Å². The van der Waals surface area contributed by atoms with Crippen molar-refractivity contribution in [1.29, 1.82) is 0 Å². The first-order valence-electron chi connectivity index (χ1n) is 16.5. The topological polar surface area (TPSA) is 159 Å². The molecule has 0 spiro atoms. The third-order valence-corrected chi connectivity index (χ3v) is 8.22. The SMILES string of the molecule is CCC(C)(C)OOC(=O)c1ccc(C(=O)c2ccc(C(=O)OOC(C)(C)CC)c(C(=O)OOC(C)(C)CC)c2)cc1C(=O)OOC(C)(C)CC. The number of ketones is 1. The lowest BCUT2D eigenvalue weighted by Gasteiger charge is -2.22. The zero-order chi connectivity index (χ0) is 38.1. The first-order valence-corrected chi connectivity index (χ1v) is 16.5. The molecular weight excluding hydrogens is 652 g/mol. The number of carbonyl (C=O) groups excluding carboxylic acids is 5. The molecule has 0 N–H and O–H groups in total. The lowest BCUT2D eigenvalue weighted by molar-refractivity contribution is -0.308. The molecule has 0 unspecified atom stereocenters. The molecule has 0 saturated heterocycles. The zero-order valence-corrected chi connectivity index (χ0v) is 31.1. The fraction of sp³-hybridized carbons (Fsp3) is 0.541. The van der Waals surface area contributed by atoms with Crippen molar-refractivity contribution in [3.8, 4) is 0 Å². The molecule has 2 aromatic carbocycles. The molecule has 0 radical (unpaired) electrons. The Kier molecular flexibility index (Phi) is 14.4. The summed E-state index contributed by atoms with van der Waals surface area (Å²) in [6, 6.07) is 7.22. The Balaban J connectivity index is 2.59. The van der Waals surface area contributed by atoms with E-state index in [1.54, 1.807) is 55.4 Å². The first-order chi connectivity index (χ1) is 23.1. The van der Waals surface area contributed by atoms with E-state index in [1.165, 1.54) is 24.3 Å². The molecule has 0 amide bonds. The lowest BCUT2D eigenvalue weighted by atomic mass is 9.95. The average Bonchev–Trinajstić information content (AvgIpc) is 3.10. The van der Waals surface area contributed by atoms with E-state index >= 15 is 0 Å². The van der Waals surface area contributed by atoms with E-state index < -0.39 is 52.1 Å². The summed E-state index contributed by atoms with van der Waals surface area (Å²) < 4.78 is 0. The largest absolute Gasteiger partial charge is 0.374 e. The van der Waals surface area contributed by atoms with Gasteiger partial charge in [0.25, 0.3) is 0 Å². The van der Waals surface area contributed by atoms with Gasteiger partial charge in [0.2, 0.25) is 0 Å². The van der Waals surface area contributed by atoms with Crippen LogP contribution in [0.4, 0.5) is 0 Å². The number of benzene rings is 2. The second-order valence-corrected chi connectivity index (χ2v) is 14.1. The molecule has 0 fully saturated rings. The van der Waals surface area contributed by atoms with Crippen molar-refractivity contribution in [2.45, 2.75) is 131 Å². The highest BCUT2D eigenvalue weighted by atomic mass is 17.2. The van der Waals surface area contributed by atoms with Crippen LogP contribution in [0.15, 0.2) is 36.4 Å². The molecule has 276 valence electrons. The highest BCUT2D eigenvalue weighted by Crippen LogP contribution is 2.25. The maximum absolute atomic E-state index is 13.8. The van der Waals surface area contributed by atoms with Crippen LogP contribution in [0.3, 0.4) is 0 Å². The Morgan fingerprint density at radius 2 is 0.660 bits per heavy atom. The van der Waals surface area contributed by atoms with E-state index in [0.717, 1.165) is 12.1 Å². The minimum absolute atomic E-state index is 0.0795. The zero-order valence-electron chi connectivity index (χ0n) is 31.1. The van der Waals surface area contributed by atoms with Crippen LogP contribution in [-0.2, 0) is 39.1 Å². The van der Waals surface area contributed by atoms with E-state index in [9.17, 15) is 24.0 Å². The van der Waals surface area contributed by atoms with Gasteiger partial charge in [0.05, 0.1) is 22.3 Å². The first kappa shape index (κ1) is 42.0. The highest BCUT2D eigenvalue weighted by Gasteiger charge is 2.30. The fourth-order valence-corrected chi connectivity index (χ4v) is 3.25. The number of rotatable bonds is 18. The van der Waals surface area contributed by atoms with Crippen molar-refractivity contribution in [3.63, 3.8) is 0 Å². The van der Waals surface area contributed by atoms with Crippen LogP contribution >= 0.6 is 0 Å². The molecule has 0 aliphatic rings. The number of hydrogen-bond acceptors (Lipinski definition) is 13. The quantitative estimate of drug-likeness (QED) is 0.0835. The maximum atomic E-state index is 13.8. The molecular formula is C37H50O13. The summed E-state index contributed by atoms with van der Waals surface area (Å²) in [7, 11) is 0. The monoisotopic (exact) mass is 702 g/mol. The molecule has 0 aliphatic carbocycles. The van der Waals surface area contributed by atoms with E-state index in [-0.39, 0.29) is 33.4 Å². The van der Waals surface area contributed by atoms with E-state index in [4.69, 9.17) is 39.1 Å². The molecule has 0 atom stereocenters. The van der Waals surface area contributed by atoms with Crippen molar-refractivity contribution in [2.24, 2.45) is 0 Å². The van der Waals surface area contributed by atoms with Crippen LogP contribution < -0.4 is 0 Å². The lowest BCUT2D eigenvalue weighted by Crippen LogP contribution is -2.27. The Hall–Kier alpha value is -4.17. The average molecular weight is 703 g/mol. The minimum Gasteiger partial charge on any atom is -0.292 e. The summed E-state index contributed by atoms with van der Waals surface area (Å²) in [5, 5.41) is 0. The minimum atomic E-state index is -1.07. The van der Waals surface area contributed by atoms with Crippen LogP contribution in [-0.4, -0.2) is 52.1 Å². The molecule has 2 rings (SSSR count). The standard InChI is InChI=1S/C37H50O13/c1-13-34(5,6)47-43-30(39)25-19-17-23(21-27(25)32(41)45-49-36(9,10)15-3)29(38)24-18-20-26(31(40)44-48-35(7,8)14-2)28(22-24)33(42)46-50-37(11,12)16-4/h17-22H,13-16H2,1-12H3. The van der Waals surface area contributed by atoms with Gasteiger partial charge in [-0.25, -0.2) is 19.2 Å². The Morgan fingerprint density at radius 3 is 0.900 bits per heavy atom. The Bertz CT molecular complexity index is 1440. The van der Waals surface area contributed by atoms with Crippen molar-refractivity contribution in [3.05, 3.63) is 69.8 Å². The summed E-state index contributed by atoms with van der Waals surface area (Å²) in [6.07, 6.45) is 2.01. The summed E-state index contributed by atoms with van der Waals surface area (Å²) in [4.78, 5) is 108. The second kappa shape index (κ2) is 17.2. The van der Waals surface area contributed by atoms with Crippen LogP contribution in [0, 0.1) is 0 Å². The van der Waals surface area contributed by atoms with Crippen LogP contribution in [0.2, 0.25) is 0 Å². The number of hydrogen-bond donors (Lipinski definition) is 0. The van der Waals surface area contributed by atoms with Crippen molar-refractivity contribution in [1.82, 2.24) is 0 Å². The van der Waals surface area contributed by atoms with Crippen LogP contribution in [0.5, 0.6) is 0 Å². The Labute approximate surface area is 293 Å². The van der Waals surface area contributed by atoms with Gasteiger partial charge in [-0.1, -0.05) is 39.8 Å². The molecule has 0 bridgehead atoms. The van der Waals surface area contributed by atoms with Gasteiger partial charge < -0.3 is 0 Å². The molecule has 0 aromatic heterocycles. The van der Waals surface area contributed by atoms with Crippen molar-refractivity contribution >= 4 is 29.7 Å². The van der Waals surface area contributed by atoms with Crippen LogP contribution in [0.25, 0.3) is 0 Å². The summed E-state index contributed by atoms with van der Waals surface area (Å²) in [5.41, 5.74) is -4.70. The molecule has 0 aliphatic heterocycles. The van der Waals surface area contributed by atoms with Gasteiger partial charge >= 0.3 is 23.9 Å². The predicted octanol–water partition coefficient (Wildman–Crippen LogP) is 8.03. The summed E-state index contributed by atoms with van der Waals surface area (Å²) in [6.45, 7) is 21.0. The van der Waals surface area contributed by atoms with Crippen LogP contribution in [0.1, 0.15) is 166 Å². The molecule has 50 heavy (non-hydrogen) atoms. The summed E-state index contributed by atoms with van der Waals surface area (Å²) in [5.74, 6) is -4.86. The molecule has 2 aromatic rings.